The van der Waals surface area contributed by atoms with Gasteiger partial charge >= 0.3 is 12.2 Å². The summed E-state index contributed by atoms with van der Waals surface area (Å²) in [6, 6.07) is 11.2. The number of nitrogens with one attached hydrogen (secondary N) is 3. The quantitative estimate of drug-likeness (QED) is 0.535. The molecule has 1 unspecified atom stereocenters. The Kier molecular flexibility index (Phi) is 6.02. The summed E-state index contributed by atoms with van der Waals surface area (Å²) in [5.74, 6) is 0.935. The Morgan fingerprint density at radius 1 is 1.12 bits per heavy atom. The maximum atomic E-state index is 13.3. The number of hydrogen-bond donors (Lipinski definition) is 3. The molecule has 0 radical (unpaired) electrons. The highest BCUT2D eigenvalue weighted by Crippen LogP contribution is 2.36. The number of carbonyl (C=O) groups excluding carboxylic acids is 1. The summed E-state index contributed by atoms with van der Waals surface area (Å²) in [6.45, 7) is 3.19. The predicted octanol–water partition coefficient (Wildman–Crippen LogP) is 4.64. The zero-order valence-electron chi connectivity index (χ0n) is 17.4. The van der Waals surface area contributed by atoms with E-state index in [0.717, 1.165) is 43.6 Å². The number of amides is 2. The Balaban J connectivity index is 1.61. The monoisotopic (exact) mass is 444 g/mol. The van der Waals surface area contributed by atoms with E-state index < -0.39 is 23.8 Å². The number of halogens is 3. The molecule has 0 spiro atoms. The number of rotatable bonds is 5. The zero-order valence-corrected chi connectivity index (χ0v) is 17.4. The van der Waals surface area contributed by atoms with Gasteiger partial charge in [0.1, 0.15) is 11.9 Å². The summed E-state index contributed by atoms with van der Waals surface area (Å²) in [6.07, 6.45) is -2.61. The molecule has 1 aliphatic heterocycles. The first-order chi connectivity index (χ1) is 15.3. The van der Waals surface area contributed by atoms with Crippen LogP contribution < -0.4 is 15.5 Å². The van der Waals surface area contributed by atoms with E-state index in [1.165, 1.54) is 6.07 Å². The van der Waals surface area contributed by atoms with E-state index in [0.29, 0.717) is 17.3 Å². The fourth-order valence-electron chi connectivity index (χ4n) is 3.77. The number of nitrogens with zero attached hydrogens (tertiary/aromatic N) is 3. The smallest absolute Gasteiger partial charge is 0.370 e. The normalized spacial score (nSPS) is 14.9. The second-order valence-electron chi connectivity index (χ2n) is 7.65. The third-order valence-corrected chi connectivity index (χ3v) is 5.30. The van der Waals surface area contributed by atoms with E-state index in [1.807, 2.05) is 35.2 Å². The van der Waals surface area contributed by atoms with Crippen LogP contribution in [0.5, 0.6) is 0 Å². The molecule has 32 heavy (non-hydrogen) atoms. The van der Waals surface area contributed by atoms with Crippen molar-refractivity contribution in [1.82, 2.24) is 20.5 Å². The largest absolute Gasteiger partial charge is 0.416 e. The van der Waals surface area contributed by atoms with Crippen molar-refractivity contribution in [1.29, 1.82) is 0 Å². The summed E-state index contributed by atoms with van der Waals surface area (Å²) in [5.41, 5.74) is 0.596. The van der Waals surface area contributed by atoms with Crippen molar-refractivity contribution in [3.8, 4) is 0 Å². The molecule has 1 saturated heterocycles. The van der Waals surface area contributed by atoms with Crippen molar-refractivity contribution in [3.63, 3.8) is 0 Å². The van der Waals surface area contributed by atoms with Gasteiger partial charge in [-0.2, -0.15) is 18.3 Å². The number of anilines is 2. The van der Waals surface area contributed by atoms with Crippen LogP contribution in [-0.2, 0) is 6.18 Å². The third-order valence-electron chi connectivity index (χ3n) is 5.30. The molecule has 1 aromatic heterocycles. The van der Waals surface area contributed by atoms with Gasteiger partial charge in [-0.15, -0.1) is 0 Å². The predicted molar refractivity (Wildman–Crippen MR) is 114 cm³/mol. The van der Waals surface area contributed by atoms with E-state index in [4.69, 9.17) is 0 Å². The fraction of sp³-hybridized carbons (Fsp3) is 0.318. The van der Waals surface area contributed by atoms with Gasteiger partial charge in [-0.25, -0.2) is 9.78 Å². The van der Waals surface area contributed by atoms with Crippen molar-refractivity contribution in [2.75, 3.05) is 23.3 Å². The molecular formula is C22H23F3N6O. The first kappa shape index (κ1) is 21.7. The lowest BCUT2D eigenvalue weighted by molar-refractivity contribution is -0.137. The molecule has 1 atom stereocenters. The highest BCUT2D eigenvalue weighted by Gasteiger charge is 2.32. The Hall–Kier alpha value is -3.56. The summed E-state index contributed by atoms with van der Waals surface area (Å²) in [5, 5.41) is 12.3. The summed E-state index contributed by atoms with van der Waals surface area (Å²) in [7, 11) is 0. The molecular weight excluding hydrogens is 421 g/mol. The Morgan fingerprint density at radius 3 is 2.47 bits per heavy atom. The minimum absolute atomic E-state index is 0.109. The minimum atomic E-state index is -4.51. The minimum Gasteiger partial charge on any atom is -0.370 e. The van der Waals surface area contributed by atoms with E-state index in [-0.39, 0.29) is 5.69 Å². The van der Waals surface area contributed by atoms with Crippen LogP contribution in [0.3, 0.4) is 0 Å². The molecule has 0 aliphatic carbocycles. The van der Waals surface area contributed by atoms with Gasteiger partial charge in [0.15, 0.2) is 5.82 Å². The highest BCUT2D eigenvalue weighted by atomic mass is 19.4. The Bertz CT molecular complexity index is 1080. The highest BCUT2D eigenvalue weighted by molar-refractivity contribution is 5.94. The second-order valence-corrected chi connectivity index (χ2v) is 7.65. The SMILES string of the molecule is Cc1nc(C(NC(=O)Nc2cc(C(F)(F)F)ccc2N2CCCC2)c2ccccc2)n[nH]1. The molecule has 1 aliphatic rings. The maximum absolute atomic E-state index is 13.3. The maximum Gasteiger partial charge on any atom is 0.416 e. The third kappa shape index (κ3) is 4.84. The standard InChI is InChI=1S/C22H23F3N6O/c1-14-26-20(30-29-14)19(15-7-3-2-4-8-15)28-21(32)27-17-13-16(22(23,24)25)9-10-18(17)31-11-5-6-12-31/h2-4,7-10,13,19H,5-6,11-12H2,1H3,(H,26,29,30)(H2,27,28,32). The first-order valence-electron chi connectivity index (χ1n) is 10.3. The topological polar surface area (TPSA) is 85.9 Å². The number of aromatic nitrogens is 3. The van der Waals surface area contributed by atoms with Crippen LogP contribution in [0.15, 0.2) is 48.5 Å². The molecule has 2 heterocycles. The molecule has 7 nitrogen and oxygen atoms in total. The summed E-state index contributed by atoms with van der Waals surface area (Å²) >= 11 is 0. The van der Waals surface area contributed by atoms with E-state index in [9.17, 15) is 18.0 Å². The number of aryl methyl sites for hydroxylation is 1. The van der Waals surface area contributed by atoms with Crippen LogP contribution in [0.1, 0.15) is 41.7 Å². The van der Waals surface area contributed by atoms with Crippen molar-refractivity contribution in [3.05, 3.63) is 71.3 Å². The van der Waals surface area contributed by atoms with Crippen molar-refractivity contribution in [2.24, 2.45) is 0 Å². The van der Waals surface area contributed by atoms with Crippen LogP contribution in [0, 0.1) is 6.92 Å². The molecule has 0 bridgehead atoms. The van der Waals surface area contributed by atoms with E-state index in [1.54, 1.807) is 6.92 Å². The number of benzene rings is 2. The van der Waals surface area contributed by atoms with Gasteiger partial charge in [0.2, 0.25) is 0 Å². The van der Waals surface area contributed by atoms with Gasteiger partial charge in [-0.05, 0) is 43.5 Å². The van der Waals surface area contributed by atoms with Gasteiger partial charge in [-0.1, -0.05) is 30.3 Å². The molecule has 3 N–H and O–H groups in total. The molecule has 3 aromatic rings. The fourth-order valence-corrected chi connectivity index (χ4v) is 3.77. The number of aromatic amines is 1. The molecule has 2 aromatic carbocycles. The van der Waals surface area contributed by atoms with Crippen LogP contribution in [0.2, 0.25) is 0 Å². The van der Waals surface area contributed by atoms with Gasteiger partial charge in [-0.3, -0.25) is 5.10 Å². The Labute approximate surface area is 183 Å². The lowest BCUT2D eigenvalue weighted by atomic mass is 10.1. The van der Waals surface area contributed by atoms with Gasteiger partial charge < -0.3 is 15.5 Å². The number of H-pyrrole nitrogens is 1. The van der Waals surface area contributed by atoms with Crippen molar-refractivity contribution >= 4 is 17.4 Å². The van der Waals surface area contributed by atoms with E-state index in [2.05, 4.69) is 25.8 Å². The van der Waals surface area contributed by atoms with Crippen molar-refractivity contribution in [2.45, 2.75) is 32.0 Å². The molecule has 168 valence electrons. The van der Waals surface area contributed by atoms with E-state index >= 15 is 0 Å². The van der Waals surface area contributed by atoms with Crippen molar-refractivity contribution < 1.29 is 18.0 Å². The van der Waals surface area contributed by atoms with Gasteiger partial charge in [0, 0.05) is 13.1 Å². The van der Waals surface area contributed by atoms with Gasteiger partial charge in [0.05, 0.1) is 16.9 Å². The lowest BCUT2D eigenvalue weighted by Gasteiger charge is -2.24. The van der Waals surface area contributed by atoms with Crippen LogP contribution in [-0.4, -0.2) is 34.3 Å². The Morgan fingerprint density at radius 2 is 1.84 bits per heavy atom. The molecule has 0 saturated carbocycles. The molecule has 4 rings (SSSR count). The number of hydrogen-bond acceptors (Lipinski definition) is 4. The average molecular weight is 444 g/mol. The average Bonchev–Trinajstić information content (AvgIpc) is 3.44. The summed E-state index contributed by atoms with van der Waals surface area (Å²) in [4.78, 5) is 19.2. The van der Waals surface area contributed by atoms with Crippen LogP contribution in [0.25, 0.3) is 0 Å². The molecule has 2 amide bonds. The molecule has 1 fully saturated rings. The first-order valence-corrected chi connectivity index (χ1v) is 10.3. The second kappa shape index (κ2) is 8.89. The number of carbonyl (C=O) groups is 1. The van der Waals surface area contributed by atoms with Crippen LogP contribution >= 0.6 is 0 Å². The van der Waals surface area contributed by atoms with Crippen LogP contribution in [0.4, 0.5) is 29.3 Å². The number of alkyl halides is 3. The van der Waals surface area contributed by atoms with Gasteiger partial charge in [0.25, 0.3) is 0 Å². The number of urea groups is 1. The lowest BCUT2D eigenvalue weighted by Crippen LogP contribution is -2.34. The zero-order chi connectivity index (χ0) is 22.7. The summed E-state index contributed by atoms with van der Waals surface area (Å²) < 4.78 is 39.9. The molecule has 10 heteroatoms.